The molecular weight excluding hydrogens is 322 g/mol. The lowest BCUT2D eigenvalue weighted by Gasteiger charge is -2.14. The topological polar surface area (TPSA) is 122 Å². The Morgan fingerprint density at radius 3 is 2.43 bits per heavy atom. The van der Waals surface area contributed by atoms with E-state index in [2.05, 4.69) is 9.82 Å². The van der Waals surface area contributed by atoms with Crippen molar-refractivity contribution in [2.24, 2.45) is 7.05 Å². The molecule has 0 fully saturated rings. The molecule has 2 rings (SSSR count). The van der Waals surface area contributed by atoms with Crippen LogP contribution in [0.2, 0.25) is 0 Å². The van der Waals surface area contributed by atoms with E-state index in [1.165, 1.54) is 42.1 Å². The quantitative estimate of drug-likeness (QED) is 0.701. The molecule has 0 saturated carbocycles. The van der Waals surface area contributed by atoms with E-state index < -0.39 is 22.0 Å². The highest BCUT2D eigenvalue weighted by atomic mass is 32.2. The molecule has 0 aliphatic rings. The van der Waals surface area contributed by atoms with Gasteiger partial charge in [-0.25, -0.2) is 8.42 Å². The number of phenols is 1. The molecule has 1 heterocycles. The number of hydrogen-bond donors (Lipinski definition) is 3. The normalized spacial score (nSPS) is 13.0. The van der Waals surface area contributed by atoms with Crippen molar-refractivity contribution in [1.82, 2.24) is 14.5 Å². The first-order valence-electron chi connectivity index (χ1n) is 6.72. The first kappa shape index (κ1) is 17.0. The number of aliphatic carboxylic acids is 1. The van der Waals surface area contributed by atoms with Gasteiger partial charge in [-0.1, -0.05) is 12.1 Å². The second-order valence-corrected chi connectivity index (χ2v) is 6.82. The molecule has 0 amide bonds. The molecule has 8 nitrogen and oxygen atoms in total. The lowest BCUT2D eigenvalue weighted by Crippen LogP contribution is -2.42. The highest BCUT2D eigenvalue weighted by molar-refractivity contribution is 7.89. The summed E-state index contributed by atoms with van der Waals surface area (Å²) in [6, 6.07) is 4.57. The first-order chi connectivity index (χ1) is 10.7. The molecule has 0 spiro atoms. The molecule has 2 aromatic rings. The van der Waals surface area contributed by atoms with Crippen LogP contribution in [0.1, 0.15) is 11.3 Å². The summed E-state index contributed by atoms with van der Waals surface area (Å²) in [4.78, 5) is 11.3. The van der Waals surface area contributed by atoms with E-state index in [1.807, 2.05) is 0 Å². The summed E-state index contributed by atoms with van der Waals surface area (Å²) in [5.74, 6) is -1.24. The van der Waals surface area contributed by atoms with Gasteiger partial charge in [0.25, 0.3) is 0 Å². The summed E-state index contributed by atoms with van der Waals surface area (Å²) in [6.07, 6.45) is 1.27. The third-order valence-electron chi connectivity index (χ3n) is 3.23. The summed E-state index contributed by atoms with van der Waals surface area (Å²) in [5, 5.41) is 22.5. The monoisotopic (exact) mass is 339 g/mol. The number of carbonyl (C=O) groups is 1. The number of carboxylic acid groups (broad SMARTS) is 1. The largest absolute Gasteiger partial charge is 0.508 e. The molecule has 124 valence electrons. The number of nitrogens with zero attached hydrogens (tertiary/aromatic N) is 2. The van der Waals surface area contributed by atoms with E-state index in [0.717, 1.165) is 0 Å². The van der Waals surface area contributed by atoms with Gasteiger partial charge < -0.3 is 10.2 Å². The number of rotatable bonds is 6. The van der Waals surface area contributed by atoms with Crippen LogP contribution in [0.25, 0.3) is 0 Å². The maximum atomic E-state index is 12.4. The van der Waals surface area contributed by atoms with Crippen molar-refractivity contribution in [2.45, 2.75) is 24.3 Å². The Kier molecular flexibility index (Phi) is 4.71. The van der Waals surface area contributed by atoms with Gasteiger partial charge in [-0.15, -0.1) is 0 Å². The average Bonchev–Trinajstić information content (AvgIpc) is 2.80. The number of aromatic hydroxyl groups is 1. The van der Waals surface area contributed by atoms with Crippen LogP contribution in [-0.2, 0) is 28.3 Å². The van der Waals surface area contributed by atoms with Gasteiger partial charge in [0.1, 0.15) is 16.7 Å². The van der Waals surface area contributed by atoms with Gasteiger partial charge in [0.05, 0.1) is 5.69 Å². The van der Waals surface area contributed by atoms with Crippen molar-refractivity contribution in [3.63, 3.8) is 0 Å². The van der Waals surface area contributed by atoms with Crippen molar-refractivity contribution in [2.75, 3.05) is 0 Å². The minimum Gasteiger partial charge on any atom is -0.508 e. The minimum absolute atomic E-state index is 0.0475. The van der Waals surface area contributed by atoms with Gasteiger partial charge >= 0.3 is 5.97 Å². The summed E-state index contributed by atoms with van der Waals surface area (Å²) in [6.45, 7) is 1.53. The van der Waals surface area contributed by atoms with E-state index in [9.17, 15) is 23.4 Å². The molecular formula is C14H17N3O5S. The second-order valence-electron chi connectivity index (χ2n) is 5.14. The van der Waals surface area contributed by atoms with Gasteiger partial charge in [0, 0.05) is 13.2 Å². The van der Waals surface area contributed by atoms with E-state index in [4.69, 9.17) is 0 Å². The van der Waals surface area contributed by atoms with E-state index in [1.54, 1.807) is 7.05 Å². The third-order valence-corrected chi connectivity index (χ3v) is 4.80. The van der Waals surface area contributed by atoms with Crippen LogP contribution in [0, 0.1) is 6.92 Å². The molecule has 23 heavy (non-hydrogen) atoms. The Morgan fingerprint density at radius 2 is 1.96 bits per heavy atom. The van der Waals surface area contributed by atoms with E-state index in [-0.39, 0.29) is 22.8 Å². The summed E-state index contributed by atoms with van der Waals surface area (Å²) < 4.78 is 28.2. The molecule has 9 heteroatoms. The van der Waals surface area contributed by atoms with Crippen LogP contribution in [0.4, 0.5) is 0 Å². The van der Waals surface area contributed by atoms with E-state index >= 15 is 0 Å². The van der Waals surface area contributed by atoms with Crippen molar-refractivity contribution < 1.29 is 23.4 Å². The van der Waals surface area contributed by atoms with Crippen LogP contribution in [0.15, 0.2) is 35.4 Å². The van der Waals surface area contributed by atoms with Crippen molar-refractivity contribution in [3.05, 3.63) is 41.7 Å². The fourth-order valence-corrected chi connectivity index (χ4v) is 3.55. The molecule has 0 aliphatic heterocycles. The van der Waals surface area contributed by atoms with E-state index in [0.29, 0.717) is 5.56 Å². The van der Waals surface area contributed by atoms with Crippen molar-refractivity contribution >= 4 is 16.0 Å². The molecule has 3 N–H and O–H groups in total. The zero-order chi connectivity index (χ0) is 17.2. The SMILES string of the molecule is Cc1nn(C)cc1S(=O)(=O)N[C@H](Cc1ccc(O)cc1)C(=O)O. The molecule has 0 radical (unpaired) electrons. The van der Waals surface area contributed by atoms with Crippen molar-refractivity contribution in [1.29, 1.82) is 0 Å². The molecule has 0 unspecified atom stereocenters. The highest BCUT2D eigenvalue weighted by Gasteiger charge is 2.28. The molecule has 1 aromatic heterocycles. The maximum Gasteiger partial charge on any atom is 0.322 e. The second kappa shape index (κ2) is 6.39. The van der Waals surface area contributed by atoms with Crippen LogP contribution in [0.5, 0.6) is 5.75 Å². The molecule has 0 bridgehead atoms. The fraction of sp³-hybridized carbons (Fsp3) is 0.286. The molecule has 1 aromatic carbocycles. The Balaban J connectivity index is 2.23. The summed E-state index contributed by atoms with van der Waals surface area (Å²) in [5.41, 5.74) is 0.870. The number of aromatic nitrogens is 2. The number of sulfonamides is 1. The van der Waals surface area contributed by atoms with Gasteiger partial charge in [-0.2, -0.15) is 9.82 Å². The average molecular weight is 339 g/mol. The Bertz CT molecular complexity index is 811. The van der Waals surface area contributed by atoms with Gasteiger partial charge in [-0.3, -0.25) is 9.48 Å². The number of aryl methyl sites for hydroxylation is 2. The molecule has 0 aliphatic carbocycles. The number of carboxylic acids is 1. The standard InChI is InChI=1S/C14H17N3O5S/c1-9-13(8-17(2)15-9)23(21,22)16-12(14(19)20)7-10-3-5-11(18)6-4-10/h3-6,8,12,16,18H,7H2,1-2H3,(H,19,20)/t12-/m1/s1. The number of benzene rings is 1. The van der Waals surface area contributed by atoms with Crippen LogP contribution >= 0.6 is 0 Å². The lowest BCUT2D eigenvalue weighted by molar-refractivity contribution is -0.138. The van der Waals surface area contributed by atoms with Crippen LogP contribution in [-0.4, -0.2) is 40.4 Å². The Hall–Kier alpha value is -2.39. The summed E-state index contributed by atoms with van der Waals surface area (Å²) >= 11 is 0. The fourth-order valence-electron chi connectivity index (χ4n) is 2.14. The lowest BCUT2D eigenvalue weighted by atomic mass is 10.1. The minimum atomic E-state index is -4.01. The van der Waals surface area contributed by atoms with Crippen LogP contribution < -0.4 is 4.72 Å². The Labute approximate surface area is 133 Å². The number of hydrogen-bond acceptors (Lipinski definition) is 5. The summed E-state index contributed by atoms with van der Waals surface area (Å²) in [7, 11) is -2.43. The van der Waals surface area contributed by atoms with Gasteiger partial charge in [0.15, 0.2) is 0 Å². The number of phenolic OH excluding ortho intramolecular Hbond substituents is 1. The zero-order valence-corrected chi connectivity index (χ0v) is 13.4. The van der Waals surface area contributed by atoms with Gasteiger partial charge in [-0.05, 0) is 31.0 Å². The predicted molar refractivity (Wildman–Crippen MR) is 81.5 cm³/mol. The molecule has 0 saturated heterocycles. The zero-order valence-electron chi connectivity index (χ0n) is 12.6. The maximum absolute atomic E-state index is 12.4. The predicted octanol–water partition coefficient (Wildman–Crippen LogP) is 0.408. The molecule has 1 atom stereocenters. The Morgan fingerprint density at radius 1 is 1.35 bits per heavy atom. The number of nitrogens with one attached hydrogen (secondary N) is 1. The smallest absolute Gasteiger partial charge is 0.322 e. The van der Waals surface area contributed by atoms with Crippen molar-refractivity contribution in [3.8, 4) is 5.75 Å². The van der Waals surface area contributed by atoms with Crippen LogP contribution in [0.3, 0.4) is 0 Å². The highest BCUT2D eigenvalue weighted by Crippen LogP contribution is 2.15. The first-order valence-corrected chi connectivity index (χ1v) is 8.20. The van der Waals surface area contributed by atoms with Gasteiger partial charge in [0.2, 0.25) is 10.0 Å². The third kappa shape index (κ3) is 4.08.